The third-order valence-corrected chi connectivity index (χ3v) is 6.22. The Labute approximate surface area is 187 Å². The number of hydrogen-bond donors (Lipinski definition) is 0. The van der Waals surface area contributed by atoms with E-state index in [-0.39, 0.29) is 22.6 Å². The molecule has 0 fully saturated rings. The van der Waals surface area contributed by atoms with Crippen LogP contribution in [0.4, 0.5) is 13.2 Å². The van der Waals surface area contributed by atoms with Crippen molar-refractivity contribution < 1.29 is 21.6 Å². The van der Waals surface area contributed by atoms with Crippen molar-refractivity contribution in [1.29, 1.82) is 0 Å². The van der Waals surface area contributed by atoms with E-state index >= 15 is 0 Å². The fraction of sp³-hybridized carbons (Fsp3) is 0.0833. The van der Waals surface area contributed by atoms with Crippen LogP contribution in [0.1, 0.15) is 11.1 Å². The summed E-state index contributed by atoms with van der Waals surface area (Å²) in [5.74, 6) is -2.66. The van der Waals surface area contributed by atoms with Crippen LogP contribution < -0.4 is 5.56 Å². The Kier molecular flexibility index (Phi) is 5.90. The highest BCUT2D eigenvalue weighted by atomic mass is 32.2. The molecule has 4 aromatic rings. The van der Waals surface area contributed by atoms with E-state index < -0.39 is 32.8 Å². The Morgan fingerprint density at radius 3 is 2.27 bits per heavy atom. The van der Waals surface area contributed by atoms with Gasteiger partial charge in [0.1, 0.15) is 5.82 Å². The van der Waals surface area contributed by atoms with Crippen molar-refractivity contribution in [3.8, 4) is 16.8 Å². The fourth-order valence-electron chi connectivity index (χ4n) is 3.44. The first-order valence-corrected chi connectivity index (χ1v) is 11.6. The molecule has 3 aromatic carbocycles. The lowest BCUT2D eigenvalue weighted by atomic mass is 9.97. The van der Waals surface area contributed by atoms with Crippen LogP contribution in [0, 0.1) is 17.5 Å². The number of sulfone groups is 1. The molecule has 4 rings (SSSR count). The summed E-state index contributed by atoms with van der Waals surface area (Å²) >= 11 is 0. The normalized spacial score (nSPS) is 11.5. The SMILES string of the molecule is CS(=O)(=O)c1ccc(-c2cnn(-c3ccc(F)c(F)c3)c(=O)c2Cc2cccc(F)c2)cc1. The first-order chi connectivity index (χ1) is 15.6. The van der Waals surface area contributed by atoms with Gasteiger partial charge < -0.3 is 0 Å². The van der Waals surface area contributed by atoms with Crippen molar-refractivity contribution in [2.45, 2.75) is 11.3 Å². The maximum atomic E-state index is 13.8. The molecule has 0 amide bonds. The zero-order valence-corrected chi connectivity index (χ0v) is 18.1. The minimum atomic E-state index is -3.41. The maximum Gasteiger partial charge on any atom is 0.275 e. The average molecular weight is 470 g/mol. The summed E-state index contributed by atoms with van der Waals surface area (Å²) in [5, 5.41) is 4.11. The molecule has 1 heterocycles. The van der Waals surface area contributed by atoms with E-state index in [4.69, 9.17) is 0 Å². The van der Waals surface area contributed by atoms with E-state index in [1.54, 1.807) is 18.2 Å². The molecule has 168 valence electrons. The molecule has 0 saturated carbocycles. The number of rotatable bonds is 5. The first-order valence-electron chi connectivity index (χ1n) is 9.75. The van der Waals surface area contributed by atoms with Gasteiger partial charge in [0.05, 0.1) is 16.8 Å². The molecule has 1 aromatic heterocycles. The summed E-state index contributed by atoms with van der Waals surface area (Å²) in [4.78, 5) is 13.5. The van der Waals surface area contributed by atoms with Gasteiger partial charge in [0.15, 0.2) is 21.5 Å². The molecule has 0 aliphatic heterocycles. The van der Waals surface area contributed by atoms with Crippen LogP contribution >= 0.6 is 0 Å². The van der Waals surface area contributed by atoms with Gasteiger partial charge in [-0.1, -0.05) is 24.3 Å². The van der Waals surface area contributed by atoms with Gasteiger partial charge in [-0.2, -0.15) is 9.78 Å². The molecule has 0 atom stereocenters. The first kappa shape index (κ1) is 22.5. The lowest BCUT2D eigenvalue weighted by molar-refractivity contribution is 0.507. The van der Waals surface area contributed by atoms with Crippen LogP contribution in [0.15, 0.2) is 82.6 Å². The van der Waals surface area contributed by atoms with Crippen LogP contribution in [-0.2, 0) is 16.3 Å². The van der Waals surface area contributed by atoms with Gasteiger partial charge in [-0.15, -0.1) is 0 Å². The minimum Gasteiger partial charge on any atom is -0.267 e. The fourth-order valence-corrected chi connectivity index (χ4v) is 4.07. The topological polar surface area (TPSA) is 69.0 Å². The van der Waals surface area contributed by atoms with E-state index in [9.17, 15) is 26.4 Å². The summed E-state index contributed by atoms with van der Waals surface area (Å²) in [5.41, 5.74) is 1.10. The zero-order chi connectivity index (χ0) is 23.8. The third kappa shape index (κ3) is 4.73. The van der Waals surface area contributed by atoms with Crippen LogP contribution in [0.25, 0.3) is 16.8 Å². The lowest BCUT2D eigenvalue weighted by Gasteiger charge is -2.13. The third-order valence-electron chi connectivity index (χ3n) is 5.09. The maximum absolute atomic E-state index is 13.8. The average Bonchev–Trinajstić information content (AvgIpc) is 2.77. The molecule has 0 N–H and O–H groups in total. The van der Waals surface area contributed by atoms with E-state index in [1.807, 2.05) is 0 Å². The number of nitrogens with zero attached hydrogens (tertiary/aromatic N) is 2. The predicted molar refractivity (Wildman–Crippen MR) is 118 cm³/mol. The summed E-state index contributed by atoms with van der Waals surface area (Å²) in [7, 11) is -3.41. The molecule has 0 bridgehead atoms. The standard InChI is InChI=1S/C24H17F3N2O3S/c1-33(31,32)19-8-5-16(6-9-19)21-14-28-29(18-7-10-22(26)23(27)13-18)24(30)20(21)12-15-3-2-4-17(25)11-15/h2-11,13-14H,12H2,1H3. The van der Waals surface area contributed by atoms with Crippen molar-refractivity contribution in [3.05, 3.63) is 112 Å². The highest BCUT2D eigenvalue weighted by Gasteiger charge is 2.17. The Hall–Kier alpha value is -3.72. The molecular formula is C24H17F3N2O3S. The minimum absolute atomic E-state index is 0.0263. The molecule has 0 spiro atoms. The zero-order valence-electron chi connectivity index (χ0n) is 17.3. The van der Waals surface area contributed by atoms with Crippen molar-refractivity contribution in [2.75, 3.05) is 6.26 Å². The Bertz CT molecular complexity index is 1520. The lowest BCUT2D eigenvalue weighted by Crippen LogP contribution is -2.26. The largest absolute Gasteiger partial charge is 0.275 e. The van der Waals surface area contributed by atoms with Gasteiger partial charge in [-0.3, -0.25) is 4.79 Å². The molecule has 9 heteroatoms. The number of halogens is 3. The quantitative estimate of drug-likeness (QED) is 0.436. The molecule has 0 radical (unpaired) electrons. The van der Waals surface area contributed by atoms with E-state index in [2.05, 4.69) is 5.10 Å². The predicted octanol–water partition coefficient (Wildman–Crippen LogP) is 4.31. The molecule has 0 aliphatic rings. The van der Waals surface area contributed by atoms with E-state index in [0.717, 1.165) is 23.1 Å². The van der Waals surface area contributed by atoms with Crippen molar-refractivity contribution in [2.24, 2.45) is 0 Å². The number of aromatic nitrogens is 2. The highest BCUT2D eigenvalue weighted by molar-refractivity contribution is 7.90. The molecule has 5 nitrogen and oxygen atoms in total. The molecule has 0 aliphatic carbocycles. The summed E-state index contributed by atoms with van der Waals surface area (Å²) in [6.45, 7) is 0. The highest BCUT2D eigenvalue weighted by Crippen LogP contribution is 2.25. The summed E-state index contributed by atoms with van der Waals surface area (Å²) < 4.78 is 65.3. The van der Waals surface area contributed by atoms with E-state index in [0.29, 0.717) is 16.7 Å². The van der Waals surface area contributed by atoms with Crippen LogP contribution in [0.5, 0.6) is 0 Å². The van der Waals surface area contributed by atoms with Crippen LogP contribution in [-0.4, -0.2) is 24.5 Å². The Morgan fingerprint density at radius 2 is 1.64 bits per heavy atom. The van der Waals surface area contributed by atoms with Gasteiger partial charge in [0.25, 0.3) is 5.56 Å². The van der Waals surface area contributed by atoms with Crippen LogP contribution in [0.2, 0.25) is 0 Å². The van der Waals surface area contributed by atoms with Crippen molar-refractivity contribution >= 4 is 9.84 Å². The Balaban J connectivity index is 1.89. The molecule has 0 saturated heterocycles. The summed E-state index contributed by atoms with van der Waals surface area (Å²) in [6, 6.07) is 14.6. The monoisotopic (exact) mass is 470 g/mol. The number of benzene rings is 3. The van der Waals surface area contributed by atoms with Crippen molar-refractivity contribution in [3.63, 3.8) is 0 Å². The summed E-state index contributed by atoms with van der Waals surface area (Å²) in [6.07, 6.45) is 2.50. The van der Waals surface area contributed by atoms with Crippen molar-refractivity contribution in [1.82, 2.24) is 9.78 Å². The second kappa shape index (κ2) is 8.67. The van der Waals surface area contributed by atoms with E-state index in [1.165, 1.54) is 42.6 Å². The Morgan fingerprint density at radius 1 is 0.909 bits per heavy atom. The van der Waals surface area contributed by atoms with Gasteiger partial charge in [-0.05, 0) is 47.5 Å². The van der Waals surface area contributed by atoms with Gasteiger partial charge in [0, 0.05) is 29.9 Å². The second-order valence-electron chi connectivity index (χ2n) is 7.46. The van der Waals surface area contributed by atoms with Gasteiger partial charge >= 0.3 is 0 Å². The van der Waals surface area contributed by atoms with Gasteiger partial charge in [-0.25, -0.2) is 21.6 Å². The number of hydrogen-bond acceptors (Lipinski definition) is 4. The molecular weight excluding hydrogens is 453 g/mol. The molecule has 33 heavy (non-hydrogen) atoms. The second-order valence-corrected chi connectivity index (χ2v) is 9.47. The van der Waals surface area contributed by atoms with Crippen LogP contribution in [0.3, 0.4) is 0 Å². The smallest absolute Gasteiger partial charge is 0.267 e. The van der Waals surface area contributed by atoms with Gasteiger partial charge in [0.2, 0.25) is 0 Å². The molecule has 0 unspecified atom stereocenters.